The number of carbonyl (C=O) groups excluding carboxylic acids is 1. The third kappa shape index (κ3) is 3.72. The lowest BCUT2D eigenvalue weighted by atomic mass is 9.95. The lowest BCUT2D eigenvalue weighted by Gasteiger charge is -2.12. The van der Waals surface area contributed by atoms with Gasteiger partial charge in [0, 0.05) is 24.5 Å². The highest BCUT2D eigenvalue weighted by Gasteiger charge is 2.17. The van der Waals surface area contributed by atoms with Gasteiger partial charge in [-0.2, -0.15) is 0 Å². The summed E-state index contributed by atoms with van der Waals surface area (Å²) >= 11 is 0. The van der Waals surface area contributed by atoms with Crippen molar-refractivity contribution in [2.45, 2.75) is 6.54 Å². The molecule has 0 aliphatic rings. The Balaban J connectivity index is 1.91. The van der Waals surface area contributed by atoms with E-state index in [0.717, 1.165) is 5.56 Å². The maximum Gasteiger partial charge on any atom is 0.336 e. The van der Waals surface area contributed by atoms with E-state index in [1.54, 1.807) is 60.9 Å². The van der Waals surface area contributed by atoms with Crippen LogP contribution in [-0.4, -0.2) is 22.0 Å². The van der Waals surface area contributed by atoms with Crippen LogP contribution in [0.15, 0.2) is 73.1 Å². The Hall–Kier alpha value is -3.47. The number of carboxylic acids is 1. The number of nitrogens with zero attached hydrogens (tertiary/aromatic N) is 1. The number of hydrogen-bond acceptors (Lipinski definition) is 3. The molecule has 1 amide bonds. The molecule has 0 aliphatic carbocycles. The Morgan fingerprint density at radius 1 is 0.880 bits per heavy atom. The second-order valence-electron chi connectivity index (χ2n) is 5.44. The van der Waals surface area contributed by atoms with Crippen LogP contribution < -0.4 is 5.32 Å². The number of carbonyl (C=O) groups is 2. The molecule has 0 unspecified atom stereocenters. The summed E-state index contributed by atoms with van der Waals surface area (Å²) in [5.74, 6) is -1.29. The van der Waals surface area contributed by atoms with E-state index in [-0.39, 0.29) is 11.5 Å². The third-order valence-corrected chi connectivity index (χ3v) is 3.80. The topological polar surface area (TPSA) is 79.3 Å². The van der Waals surface area contributed by atoms with E-state index >= 15 is 0 Å². The minimum Gasteiger partial charge on any atom is -0.478 e. The molecule has 5 nitrogen and oxygen atoms in total. The Labute approximate surface area is 145 Å². The van der Waals surface area contributed by atoms with Crippen molar-refractivity contribution >= 4 is 11.9 Å². The molecule has 1 aromatic heterocycles. The number of carboxylic acid groups (broad SMARTS) is 1. The first-order valence-corrected chi connectivity index (χ1v) is 7.75. The highest BCUT2D eigenvalue weighted by atomic mass is 16.4. The van der Waals surface area contributed by atoms with Gasteiger partial charge in [-0.05, 0) is 34.9 Å². The molecule has 0 bridgehead atoms. The Kier molecular flexibility index (Phi) is 4.85. The van der Waals surface area contributed by atoms with Gasteiger partial charge in [-0.25, -0.2) is 4.79 Å². The van der Waals surface area contributed by atoms with Crippen molar-refractivity contribution in [3.05, 3.63) is 89.7 Å². The maximum atomic E-state index is 12.6. The highest BCUT2D eigenvalue weighted by molar-refractivity contribution is 6.04. The molecule has 0 fully saturated rings. The molecule has 124 valence electrons. The number of aromatic nitrogens is 1. The Bertz CT molecular complexity index is 908. The van der Waals surface area contributed by atoms with Crippen LogP contribution in [0.3, 0.4) is 0 Å². The normalized spacial score (nSPS) is 10.2. The summed E-state index contributed by atoms with van der Waals surface area (Å²) in [7, 11) is 0. The largest absolute Gasteiger partial charge is 0.478 e. The zero-order chi connectivity index (χ0) is 17.6. The fourth-order valence-corrected chi connectivity index (χ4v) is 2.60. The molecule has 5 heteroatoms. The van der Waals surface area contributed by atoms with Crippen LogP contribution in [0.5, 0.6) is 0 Å². The summed E-state index contributed by atoms with van der Waals surface area (Å²) in [5.41, 5.74) is 2.58. The molecule has 1 heterocycles. The molecule has 0 saturated carbocycles. The smallest absolute Gasteiger partial charge is 0.336 e. The van der Waals surface area contributed by atoms with Crippen molar-refractivity contribution in [1.82, 2.24) is 10.3 Å². The predicted octanol–water partition coefficient (Wildman–Crippen LogP) is 3.38. The molecular weight excluding hydrogens is 316 g/mol. The lowest BCUT2D eigenvalue weighted by Crippen LogP contribution is -2.23. The van der Waals surface area contributed by atoms with Gasteiger partial charge in [0.25, 0.3) is 5.91 Å². The van der Waals surface area contributed by atoms with E-state index in [2.05, 4.69) is 10.3 Å². The van der Waals surface area contributed by atoms with E-state index < -0.39 is 5.97 Å². The number of nitrogens with one attached hydrogen (secondary N) is 1. The molecule has 3 aromatic rings. The van der Waals surface area contributed by atoms with E-state index in [4.69, 9.17) is 0 Å². The van der Waals surface area contributed by atoms with Crippen LogP contribution in [0.1, 0.15) is 26.3 Å². The van der Waals surface area contributed by atoms with Crippen LogP contribution in [0.4, 0.5) is 0 Å². The summed E-state index contributed by atoms with van der Waals surface area (Å²) in [6, 6.07) is 17.3. The van der Waals surface area contributed by atoms with Crippen LogP contribution in [0.25, 0.3) is 11.1 Å². The van der Waals surface area contributed by atoms with Crippen molar-refractivity contribution in [2.24, 2.45) is 0 Å². The molecule has 2 N–H and O–H groups in total. The quantitative estimate of drug-likeness (QED) is 0.751. The standard InChI is InChI=1S/C20H16N2O3/c23-19(22-13-14-6-5-11-21-12-14)17-9-3-1-7-15(17)16-8-2-4-10-18(16)20(24)25/h1-12H,13H2,(H,22,23)(H,24,25). The molecule has 0 atom stereocenters. The molecule has 0 aliphatic heterocycles. The van der Waals surface area contributed by atoms with E-state index in [1.807, 2.05) is 6.07 Å². The number of pyridine rings is 1. The van der Waals surface area contributed by atoms with Gasteiger partial charge in [0.05, 0.1) is 5.56 Å². The second kappa shape index (κ2) is 7.40. The van der Waals surface area contributed by atoms with Gasteiger partial charge in [-0.3, -0.25) is 9.78 Å². The van der Waals surface area contributed by atoms with E-state index in [9.17, 15) is 14.7 Å². The van der Waals surface area contributed by atoms with Crippen LogP contribution >= 0.6 is 0 Å². The van der Waals surface area contributed by atoms with Gasteiger partial charge in [0.15, 0.2) is 0 Å². The van der Waals surface area contributed by atoms with Gasteiger partial charge in [0.2, 0.25) is 0 Å². The molecule has 0 saturated heterocycles. The van der Waals surface area contributed by atoms with Crippen molar-refractivity contribution in [1.29, 1.82) is 0 Å². The highest BCUT2D eigenvalue weighted by Crippen LogP contribution is 2.27. The first-order chi connectivity index (χ1) is 12.2. The molecule has 3 rings (SSSR count). The number of hydrogen-bond donors (Lipinski definition) is 2. The number of amides is 1. The summed E-state index contributed by atoms with van der Waals surface area (Å²) in [6.45, 7) is 0.349. The van der Waals surface area contributed by atoms with Gasteiger partial charge in [-0.15, -0.1) is 0 Å². The van der Waals surface area contributed by atoms with E-state index in [0.29, 0.717) is 23.2 Å². The maximum absolute atomic E-state index is 12.6. The minimum atomic E-state index is -1.03. The summed E-state index contributed by atoms with van der Waals surface area (Å²) in [5, 5.41) is 12.2. The summed E-state index contributed by atoms with van der Waals surface area (Å²) < 4.78 is 0. The molecule has 0 spiro atoms. The summed E-state index contributed by atoms with van der Waals surface area (Å²) in [4.78, 5) is 28.1. The average Bonchev–Trinajstić information content (AvgIpc) is 2.67. The van der Waals surface area contributed by atoms with Crippen molar-refractivity contribution in [2.75, 3.05) is 0 Å². The number of rotatable bonds is 5. The van der Waals surface area contributed by atoms with Gasteiger partial charge in [0.1, 0.15) is 0 Å². The monoisotopic (exact) mass is 332 g/mol. The molecule has 0 radical (unpaired) electrons. The fraction of sp³-hybridized carbons (Fsp3) is 0.0500. The predicted molar refractivity (Wildman–Crippen MR) is 94.2 cm³/mol. The fourth-order valence-electron chi connectivity index (χ4n) is 2.60. The first kappa shape index (κ1) is 16.4. The summed E-state index contributed by atoms with van der Waals surface area (Å²) in [6.07, 6.45) is 3.36. The van der Waals surface area contributed by atoms with Crippen molar-refractivity contribution in [3.8, 4) is 11.1 Å². The number of benzene rings is 2. The molecule has 25 heavy (non-hydrogen) atoms. The van der Waals surface area contributed by atoms with Gasteiger partial charge < -0.3 is 10.4 Å². The zero-order valence-corrected chi connectivity index (χ0v) is 13.3. The minimum absolute atomic E-state index is 0.162. The molecule has 2 aromatic carbocycles. The van der Waals surface area contributed by atoms with Crippen LogP contribution in [0, 0.1) is 0 Å². The second-order valence-corrected chi connectivity index (χ2v) is 5.44. The van der Waals surface area contributed by atoms with Crippen molar-refractivity contribution < 1.29 is 14.7 Å². The number of aromatic carboxylic acids is 1. The van der Waals surface area contributed by atoms with Crippen molar-refractivity contribution in [3.63, 3.8) is 0 Å². The first-order valence-electron chi connectivity index (χ1n) is 7.75. The molecular formula is C20H16N2O3. The van der Waals surface area contributed by atoms with E-state index in [1.165, 1.54) is 6.07 Å². The van der Waals surface area contributed by atoms with Crippen LogP contribution in [0.2, 0.25) is 0 Å². The lowest BCUT2D eigenvalue weighted by molar-refractivity contribution is 0.0697. The SMILES string of the molecule is O=C(O)c1ccccc1-c1ccccc1C(=O)NCc1cccnc1. The third-order valence-electron chi connectivity index (χ3n) is 3.80. The average molecular weight is 332 g/mol. The van der Waals surface area contributed by atoms with Gasteiger partial charge >= 0.3 is 5.97 Å². The Morgan fingerprint density at radius 3 is 2.16 bits per heavy atom. The van der Waals surface area contributed by atoms with Gasteiger partial charge in [-0.1, -0.05) is 42.5 Å². The Morgan fingerprint density at radius 2 is 1.52 bits per heavy atom. The zero-order valence-electron chi connectivity index (χ0n) is 13.3. The van der Waals surface area contributed by atoms with Crippen LogP contribution in [-0.2, 0) is 6.54 Å².